The molecule has 0 aromatic carbocycles. The highest BCUT2D eigenvalue weighted by Gasteiger charge is 2.24. The van der Waals surface area contributed by atoms with E-state index in [0.29, 0.717) is 5.95 Å². The van der Waals surface area contributed by atoms with Crippen LogP contribution in [0.2, 0.25) is 0 Å². The number of morpholine rings is 1. The van der Waals surface area contributed by atoms with E-state index >= 15 is 0 Å². The molecule has 0 bridgehead atoms. The smallest absolute Gasteiger partial charge is 0.227 e. The van der Waals surface area contributed by atoms with Gasteiger partial charge in [0, 0.05) is 18.5 Å². The summed E-state index contributed by atoms with van der Waals surface area (Å²) in [6.07, 6.45) is 3.85. The lowest BCUT2D eigenvalue weighted by Crippen LogP contribution is -2.46. The van der Waals surface area contributed by atoms with Crippen LogP contribution < -0.4 is 4.90 Å². The second-order valence-electron chi connectivity index (χ2n) is 5.50. The van der Waals surface area contributed by atoms with Crippen LogP contribution in [0, 0.1) is 0 Å². The van der Waals surface area contributed by atoms with E-state index in [1.165, 1.54) is 0 Å². The Morgan fingerprint density at radius 1 is 1.18 bits per heavy atom. The summed E-state index contributed by atoms with van der Waals surface area (Å²) in [4.78, 5) is 20.0. The van der Waals surface area contributed by atoms with Crippen molar-refractivity contribution in [3.63, 3.8) is 0 Å². The summed E-state index contributed by atoms with van der Waals surface area (Å²) < 4.78 is 7.66. The first-order valence-corrected chi connectivity index (χ1v) is 8.14. The minimum atomic E-state index is 0.173. The van der Waals surface area contributed by atoms with Crippen LogP contribution in [-0.4, -0.2) is 49.8 Å². The first-order chi connectivity index (χ1) is 10.7. The van der Waals surface area contributed by atoms with Crippen LogP contribution in [0.4, 0.5) is 5.95 Å². The van der Waals surface area contributed by atoms with Crippen LogP contribution in [0.5, 0.6) is 0 Å². The molecule has 3 aromatic rings. The SMILES string of the molecule is CC1CN(c2ncc3ncn(-c4cscn4)c3n2)CC(C)O1. The lowest BCUT2D eigenvalue weighted by atomic mass is 10.2. The number of rotatable bonds is 2. The molecule has 0 amide bonds. The molecule has 0 N–H and O–H groups in total. The molecular formula is C14H16N6OS. The number of thiazole rings is 1. The standard InChI is InChI=1S/C14H16N6OS/c1-9-4-19(5-10(2)21-9)14-15-3-11-13(18-14)20(7-16-11)12-6-22-8-17-12/h3,6-10H,4-5H2,1-2H3. The van der Waals surface area contributed by atoms with Crippen LogP contribution in [0.25, 0.3) is 17.0 Å². The molecule has 2 unspecified atom stereocenters. The van der Waals surface area contributed by atoms with E-state index in [-0.39, 0.29) is 12.2 Å². The monoisotopic (exact) mass is 316 g/mol. The Hall–Kier alpha value is -2.06. The van der Waals surface area contributed by atoms with E-state index in [1.54, 1.807) is 29.4 Å². The summed E-state index contributed by atoms with van der Waals surface area (Å²) in [5, 5.41) is 1.97. The topological polar surface area (TPSA) is 69.0 Å². The van der Waals surface area contributed by atoms with E-state index < -0.39 is 0 Å². The summed E-state index contributed by atoms with van der Waals surface area (Å²) in [6.45, 7) is 5.73. The number of hydrogen-bond donors (Lipinski definition) is 0. The number of nitrogens with zero attached hydrogens (tertiary/aromatic N) is 6. The van der Waals surface area contributed by atoms with E-state index in [0.717, 1.165) is 30.1 Å². The van der Waals surface area contributed by atoms with E-state index in [4.69, 9.17) is 9.72 Å². The normalized spacial score (nSPS) is 22.4. The third-order valence-corrected chi connectivity index (χ3v) is 4.22. The van der Waals surface area contributed by atoms with Crippen molar-refractivity contribution < 1.29 is 4.74 Å². The lowest BCUT2D eigenvalue weighted by Gasteiger charge is -2.35. The number of ether oxygens (including phenoxy) is 1. The largest absolute Gasteiger partial charge is 0.372 e. The zero-order chi connectivity index (χ0) is 15.1. The second-order valence-corrected chi connectivity index (χ2v) is 6.22. The first-order valence-electron chi connectivity index (χ1n) is 7.20. The zero-order valence-electron chi connectivity index (χ0n) is 12.4. The van der Waals surface area contributed by atoms with Gasteiger partial charge < -0.3 is 9.64 Å². The van der Waals surface area contributed by atoms with Gasteiger partial charge in [-0.3, -0.25) is 4.57 Å². The maximum Gasteiger partial charge on any atom is 0.227 e. The molecule has 22 heavy (non-hydrogen) atoms. The van der Waals surface area contributed by atoms with Crippen molar-refractivity contribution in [3.05, 3.63) is 23.4 Å². The summed E-state index contributed by atoms with van der Waals surface area (Å²) in [5.41, 5.74) is 3.35. The molecular weight excluding hydrogens is 300 g/mol. The number of anilines is 1. The quantitative estimate of drug-likeness (QED) is 0.719. The fourth-order valence-corrected chi connectivity index (χ4v) is 3.31. The molecule has 0 aliphatic carbocycles. The molecule has 0 spiro atoms. The molecule has 114 valence electrons. The zero-order valence-corrected chi connectivity index (χ0v) is 13.2. The molecule has 4 heterocycles. The van der Waals surface area contributed by atoms with Crippen molar-refractivity contribution in [3.8, 4) is 5.82 Å². The number of hydrogen-bond acceptors (Lipinski definition) is 7. The van der Waals surface area contributed by atoms with Crippen LogP contribution in [-0.2, 0) is 4.74 Å². The van der Waals surface area contributed by atoms with E-state index in [1.807, 2.05) is 9.95 Å². The number of aromatic nitrogens is 5. The molecule has 1 aliphatic heterocycles. The van der Waals surface area contributed by atoms with Crippen LogP contribution in [0.15, 0.2) is 23.4 Å². The highest BCUT2D eigenvalue weighted by molar-refractivity contribution is 7.07. The van der Waals surface area contributed by atoms with Crippen molar-refractivity contribution in [2.45, 2.75) is 26.1 Å². The molecule has 7 nitrogen and oxygen atoms in total. The van der Waals surface area contributed by atoms with Crippen LogP contribution in [0.3, 0.4) is 0 Å². The molecule has 1 fully saturated rings. The van der Waals surface area contributed by atoms with Gasteiger partial charge in [-0.05, 0) is 13.8 Å². The van der Waals surface area contributed by atoms with Gasteiger partial charge in [0.1, 0.15) is 11.8 Å². The van der Waals surface area contributed by atoms with E-state index in [2.05, 4.69) is 33.7 Å². The van der Waals surface area contributed by atoms with Gasteiger partial charge in [0.05, 0.1) is 23.9 Å². The molecule has 1 saturated heterocycles. The first kappa shape index (κ1) is 13.6. The van der Waals surface area contributed by atoms with Gasteiger partial charge in [-0.2, -0.15) is 4.98 Å². The second kappa shape index (κ2) is 5.29. The minimum absolute atomic E-state index is 0.173. The number of imidazole rings is 1. The Kier molecular flexibility index (Phi) is 3.27. The summed E-state index contributed by atoms with van der Waals surface area (Å²) in [7, 11) is 0. The third kappa shape index (κ3) is 2.34. The van der Waals surface area contributed by atoms with Crippen LogP contribution >= 0.6 is 11.3 Å². The van der Waals surface area contributed by atoms with Crippen molar-refractivity contribution in [2.75, 3.05) is 18.0 Å². The molecule has 0 radical (unpaired) electrons. The highest BCUT2D eigenvalue weighted by atomic mass is 32.1. The molecule has 8 heteroatoms. The molecule has 4 rings (SSSR count). The predicted octanol–water partition coefficient (Wildman–Crippen LogP) is 1.89. The van der Waals surface area contributed by atoms with E-state index in [9.17, 15) is 0 Å². The lowest BCUT2D eigenvalue weighted by molar-refractivity contribution is -0.00570. The Balaban J connectivity index is 1.75. The van der Waals surface area contributed by atoms with Gasteiger partial charge >= 0.3 is 0 Å². The van der Waals surface area contributed by atoms with Crippen molar-refractivity contribution in [2.24, 2.45) is 0 Å². The van der Waals surface area contributed by atoms with Gasteiger partial charge in [-0.25, -0.2) is 15.0 Å². The Morgan fingerprint density at radius 3 is 2.73 bits per heavy atom. The van der Waals surface area contributed by atoms with Gasteiger partial charge in [0.25, 0.3) is 0 Å². The average Bonchev–Trinajstić information content (AvgIpc) is 3.14. The maximum atomic E-state index is 5.77. The average molecular weight is 316 g/mol. The van der Waals surface area contributed by atoms with Gasteiger partial charge in [0.2, 0.25) is 5.95 Å². The van der Waals surface area contributed by atoms with Crippen molar-refractivity contribution >= 4 is 28.4 Å². The molecule has 1 aliphatic rings. The highest BCUT2D eigenvalue weighted by Crippen LogP contribution is 2.21. The Labute approximate surface area is 131 Å². The predicted molar refractivity (Wildman–Crippen MR) is 84.6 cm³/mol. The Bertz CT molecular complexity index is 776. The van der Waals surface area contributed by atoms with Gasteiger partial charge in [0.15, 0.2) is 11.5 Å². The van der Waals surface area contributed by atoms with Crippen molar-refractivity contribution in [1.29, 1.82) is 0 Å². The third-order valence-electron chi connectivity index (χ3n) is 3.65. The summed E-state index contributed by atoms with van der Waals surface area (Å²) >= 11 is 1.55. The summed E-state index contributed by atoms with van der Waals surface area (Å²) in [6, 6.07) is 0. The molecule has 0 saturated carbocycles. The minimum Gasteiger partial charge on any atom is -0.372 e. The summed E-state index contributed by atoms with van der Waals surface area (Å²) in [5.74, 6) is 1.55. The maximum absolute atomic E-state index is 5.77. The van der Waals surface area contributed by atoms with Gasteiger partial charge in [-0.1, -0.05) is 0 Å². The Morgan fingerprint density at radius 2 is 2.00 bits per heavy atom. The van der Waals surface area contributed by atoms with Crippen molar-refractivity contribution in [1.82, 2.24) is 24.5 Å². The molecule has 3 aromatic heterocycles. The van der Waals surface area contributed by atoms with Gasteiger partial charge in [-0.15, -0.1) is 11.3 Å². The number of fused-ring (bicyclic) bond motifs is 1. The fourth-order valence-electron chi connectivity index (χ4n) is 2.79. The van der Waals surface area contributed by atoms with Crippen LogP contribution in [0.1, 0.15) is 13.8 Å². The molecule has 2 atom stereocenters. The fraction of sp³-hybridized carbons (Fsp3) is 0.429.